The highest BCUT2D eigenvalue weighted by atomic mass is 16.5. The minimum atomic E-state index is -0.704. The number of carbonyl (C=O) groups is 2. The fraction of sp³-hybridized carbons (Fsp3) is 0.211. The Morgan fingerprint density at radius 1 is 1.12 bits per heavy atom. The predicted molar refractivity (Wildman–Crippen MR) is 96.7 cm³/mol. The van der Waals surface area contributed by atoms with E-state index in [1.54, 1.807) is 31.2 Å². The summed E-state index contributed by atoms with van der Waals surface area (Å²) in [4.78, 5) is 24.0. The summed E-state index contributed by atoms with van der Waals surface area (Å²) in [7, 11) is 0. The molecule has 0 aliphatic heterocycles. The molecular formula is C19H21N3O3. The largest absolute Gasteiger partial charge is 0.494 e. The van der Waals surface area contributed by atoms with E-state index in [0.717, 1.165) is 11.3 Å². The van der Waals surface area contributed by atoms with Gasteiger partial charge < -0.3 is 10.1 Å². The van der Waals surface area contributed by atoms with Crippen LogP contribution < -0.4 is 15.5 Å². The number of carbonyl (C=O) groups excluding carboxylic acids is 2. The number of benzene rings is 2. The van der Waals surface area contributed by atoms with Crippen LogP contribution in [-0.4, -0.2) is 30.7 Å². The van der Waals surface area contributed by atoms with Crippen molar-refractivity contribution in [3.63, 3.8) is 0 Å². The molecule has 130 valence electrons. The first kappa shape index (κ1) is 18.2. The van der Waals surface area contributed by atoms with Crippen molar-refractivity contribution < 1.29 is 14.3 Å². The van der Waals surface area contributed by atoms with Gasteiger partial charge in [-0.3, -0.25) is 9.59 Å². The van der Waals surface area contributed by atoms with Gasteiger partial charge in [-0.05, 0) is 55.8 Å². The van der Waals surface area contributed by atoms with E-state index in [-0.39, 0.29) is 5.91 Å². The monoisotopic (exact) mass is 339 g/mol. The van der Waals surface area contributed by atoms with Crippen LogP contribution in [-0.2, 0) is 4.79 Å². The summed E-state index contributed by atoms with van der Waals surface area (Å²) in [6, 6.07) is 15.3. The van der Waals surface area contributed by atoms with Gasteiger partial charge >= 0.3 is 0 Å². The molecule has 2 aromatic carbocycles. The maximum absolute atomic E-state index is 12.0. The third-order valence-electron chi connectivity index (χ3n) is 3.36. The lowest BCUT2D eigenvalue weighted by molar-refractivity contribution is -0.122. The fourth-order valence-corrected chi connectivity index (χ4v) is 2.02. The summed E-state index contributed by atoms with van der Waals surface area (Å²) in [6.07, 6.45) is 1.53. The zero-order valence-corrected chi connectivity index (χ0v) is 14.2. The predicted octanol–water partition coefficient (Wildman–Crippen LogP) is 2.35. The first-order valence-electron chi connectivity index (χ1n) is 8.02. The molecule has 25 heavy (non-hydrogen) atoms. The zero-order valence-electron chi connectivity index (χ0n) is 14.2. The van der Waals surface area contributed by atoms with Crippen molar-refractivity contribution in [3.8, 4) is 5.75 Å². The maximum Gasteiger partial charge on any atom is 0.262 e. The summed E-state index contributed by atoms with van der Waals surface area (Å²) in [6.45, 7) is 4.13. The first-order chi connectivity index (χ1) is 12.1. The van der Waals surface area contributed by atoms with Crippen molar-refractivity contribution in [1.29, 1.82) is 0 Å². The van der Waals surface area contributed by atoms with Crippen molar-refractivity contribution in [3.05, 3.63) is 65.7 Å². The van der Waals surface area contributed by atoms with Crippen molar-refractivity contribution >= 4 is 18.0 Å². The fourth-order valence-electron chi connectivity index (χ4n) is 2.02. The van der Waals surface area contributed by atoms with Gasteiger partial charge in [-0.15, -0.1) is 0 Å². The topological polar surface area (TPSA) is 79.8 Å². The average Bonchev–Trinajstić information content (AvgIpc) is 2.64. The summed E-state index contributed by atoms with van der Waals surface area (Å²) < 4.78 is 5.35. The van der Waals surface area contributed by atoms with Crippen LogP contribution in [0.25, 0.3) is 0 Å². The number of nitrogens with zero attached hydrogens (tertiary/aromatic N) is 1. The Bertz CT molecular complexity index is 727. The second-order valence-electron chi connectivity index (χ2n) is 5.30. The maximum atomic E-state index is 12.0. The van der Waals surface area contributed by atoms with Gasteiger partial charge in [-0.25, -0.2) is 5.43 Å². The summed E-state index contributed by atoms with van der Waals surface area (Å²) in [5.74, 6) is 0.0751. The molecule has 0 radical (unpaired) electrons. The summed E-state index contributed by atoms with van der Waals surface area (Å²) in [5.41, 5.74) is 3.74. The van der Waals surface area contributed by atoms with E-state index in [4.69, 9.17) is 4.74 Å². The van der Waals surface area contributed by atoms with Crippen LogP contribution in [0.1, 0.15) is 29.8 Å². The van der Waals surface area contributed by atoms with E-state index in [0.29, 0.717) is 12.2 Å². The Hall–Kier alpha value is -3.15. The molecule has 0 spiro atoms. The van der Waals surface area contributed by atoms with Crippen LogP contribution >= 0.6 is 0 Å². The SMILES string of the molecule is CCOc1ccc(/C=N\NC(=O)[C@H](C)NC(=O)c2ccccc2)cc1. The Morgan fingerprint density at radius 2 is 1.80 bits per heavy atom. The third kappa shape index (κ3) is 5.76. The molecule has 2 amide bonds. The molecule has 6 heteroatoms. The third-order valence-corrected chi connectivity index (χ3v) is 3.36. The highest BCUT2D eigenvalue weighted by molar-refractivity contribution is 5.97. The molecule has 0 aromatic heterocycles. The van der Waals surface area contributed by atoms with Crippen LogP contribution in [0, 0.1) is 0 Å². The van der Waals surface area contributed by atoms with Crippen LogP contribution in [0.2, 0.25) is 0 Å². The Morgan fingerprint density at radius 3 is 2.44 bits per heavy atom. The normalized spacial score (nSPS) is 11.8. The highest BCUT2D eigenvalue weighted by Gasteiger charge is 2.15. The van der Waals surface area contributed by atoms with E-state index in [1.807, 2.05) is 37.3 Å². The Labute approximate surface area is 146 Å². The van der Waals surface area contributed by atoms with Gasteiger partial charge in [0.2, 0.25) is 0 Å². The molecule has 0 bridgehead atoms. The van der Waals surface area contributed by atoms with Crippen molar-refractivity contribution in [2.75, 3.05) is 6.61 Å². The number of rotatable bonds is 7. The summed E-state index contributed by atoms with van der Waals surface area (Å²) >= 11 is 0. The molecule has 0 fully saturated rings. The number of amides is 2. The van der Waals surface area contributed by atoms with E-state index in [9.17, 15) is 9.59 Å². The molecule has 0 aliphatic carbocycles. The summed E-state index contributed by atoms with van der Waals surface area (Å²) in [5, 5.41) is 6.53. The molecule has 0 saturated carbocycles. The van der Waals surface area contributed by atoms with Crippen molar-refractivity contribution in [2.24, 2.45) is 5.10 Å². The van der Waals surface area contributed by atoms with Gasteiger partial charge in [-0.2, -0.15) is 5.10 Å². The Kier molecular flexibility index (Phi) is 6.71. The minimum absolute atomic E-state index is 0.307. The molecule has 0 unspecified atom stereocenters. The quantitative estimate of drug-likeness (QED) is 0.600. The lowest BCUT2D eigenvalue weighted by atomic mass is 10.2. The average molecular weight is 339 g/mol. The molecule has 0 aliphatic rings. The number of hydrazone groups is 1. The second-order valence-corrected chi connectivity index (χ2v) is 5.30. The van der Waals surface area contributed by atoms with Gasteiger partial charge in [0.25, 0.3) is 11.8 Å². The molecule has 0 heterocycles. The van der Waals surface area contributed by atoms with Crippen molar-refractivity contribution in [1.82, 2.24) is 10.7 Å². The molecule has 2 N–H and O–H groups in total. The number of ether oxygens (including phenoxy) is 1. The van der Waals surface area contributed by atoms with Crippen LogP contribution in [0.15, 0.2) is 59.7 Å². The van der Waals surface area contributed by atoms with Gasteiger partial charge in [-0.1, -0.05) is 18.2 Å². The van der Waals surface area contributed by atoms with Gasteiger partial charge in [0.1, 0.15) is 11.8 Å². The van der Waals surface area contributed by atoms with Crippen LogP contribution in [0.5, 0.6) is 5.75 Å². The highest BCUT2D eigenvalue weighted by Crippen LogP contribution is 2.10. The lowest BCUT2D eigenvalue weighted by Crippen LogP contribution is -2.43. The number of hydrogen-bond donors (Lipinski definition) is 2. The van der Waals surface area contributed by atoms with E-state index in [2.05, 4.69) is 15.8 Å². The smallest absolute Gasteiger partial charge is 0.262 e. The van der Waals surface area contributed by atoms with E-state index < -0.39 is 11.9 Å². The molecule has 1 atom stereocenters. The van der Waals surface area contributed by atoms with E-state index >= 15 is 0 Å². The molecule has 2 aromatic rings. The van der Waals surface area contributed by atoms with Gasteiger partial charge in [0.05, 0.1) is 12.8 Å². The molecule has 2 rings (SSSR count). The first-order valence-corrected chi connectivity index (χ1v) is 8.02. The van der Waals surface area contributed by atoms with Crippen LogP contribution in [0.3, 0.4) is 0 Å². The van der Waals surface area contributed by atoms with Crippen LogP contribution in [0.4, 0.5) is 0 Å². The molecular weight excluding hydrogens is 318 g/mol. The lowest BCUT2D eigenvalue weighted by Gasteiger charge is -2.12. The number of hydrogen-bond acceptors (Lipinski definition) is 4. The minimum Gasteiger partial charge on any atom is -0.494 e. The number of nitrogens with one attached hydrogen (secondary N) is 2. The zero-order chi connectivity index (χ0) is 18.1. The molecule has 6 nitrogen and oxygen atoms in total. The second kappa shape index (κ2) is 9.22. The van der Waals surface area contributed by atoms with Gasteiger partial charge in [0.15, 0.2) is 0 Å². The molecule has 0 saturated heterocycles. The van der Waals surface area contributed by atoms with E-state index in [1.165, 1.54) is 6.21 Å². The van der Waals surface area contributed by atoms with Crippen molar-refractivity contribution in [2.45, 2.75) is 19.9 Å². The standard InChI is InChI=1S/C19H21N3O3/c1-3-25-17-11-9-15(10-12-17)13-20-22-18(23)14(2)21-19(24)16-7-5-4-6-8-16/h4-14H,3H2,1-2H3,(H,21,24)(H,22,23)/b20-13-/t14-/m0/s1. The van der Waals surface area contributed by atoms with Gasteiger partial charge in [0, 0.05) is 5.56 Å². The Balaban J connectivity index is 1.83.